The second kappa shape index (κ2) is 10.8. The van der Waals surface area contributed by atoms with Crippen molar-refractivity contribution in [1.82, 2.24) is 4.90 Å². The number of allylic oxidation sites excluding steroid dienone is 1. The third-order valence-electron chi connectivity index (χ3n) is 5.05. The number of nitrogens with zero attached hydrogens (tertiary/aromatic N) is 2. The summed E-state index contributed by atoms with van der Waals surface area (Å²) in [6.07, 6.45) is 3.25. The largest absolute Gasteiger partial charge is 0.494 e. The van der Waals surface area contributed by atoms with Crippen LogP contribution in [0.3, 0.4) is 0 Å². The topological polar surface area (TPSA) is 27.7 Å². The van der Waals surface area contributed by atoms with E-state index >= 15 is 0 Å². The second-order valence-corrected chi connectivity index (χ2v) is 7.55. The van der Waals surface area contributed by atoms with Crippen LogP contribution < -0.4 is 15.0 Å². The van der Waals surface area contributed by atoms with Gasteiger partial charge in [-0.05, 0) is 56.7 Å². The number of benzene rings is 2. The van der Waals surface area contributed by atoms with Crippen molar-refractivity contribution in [2.75, 3.05) is 56.1 Å². The molecule has 0 spiro atoms. The van der Waals surface area contributed by atoms with Crippen LogP contribution in [0.2, 0.25) is 0 Å². The first kappa shape index (κ1) is 20.3. The van der Waals surface area contributed by atoms with Crippen molar-refractivity contribution in [3.05, 3.63) is 66.2 Å². The zero-order valence-electron chi connectivity index (χ0n) is 17.2. The third kappa shape index (κ3) is 6.61. The molecular weight excluding hydrogens is 346 g/mol. The minimum atomic E-state index is 0.767. The summed E-state index contributed by atoms with van der Waals surface area (Å²) < 4.78 is 5.91. The van der Waals surface area contributed by atoms with Gasteiger partial charge in [0, 0.05) is 50.6 Å². The van der Waals surface area contributed by atoms with Crippen molar-refractivity contribution in [3.63, 3.8) is 0 Å². The van der Waals surface area contributed by atoms with Crippen molar-refractivity contribution >= 4 is 11.4 Å². The van der Waals surface area contributed by atoms with Crippen LogP contribution in [-0.2, 0) is 0 Å². The average molecular weight is 380 g/mol. The van der Waals surface area contributed by atoms with Crippen molar-refractivity contribution < 1.29 is 4.74 Å². The van der Waals surface area contributed by atoms with Gasteiger partial charge in [-0.1, -0.05) is 29.8 Å². The summed E-state index contributed by atoms with van der Waals surface area (Å²) in [6.45, 7) is 11.4. The fraction of sp³-hybridized carbons (Fsp3) is 0.417. The number of rotatable bonds is 9. The van der Waals surface area contributed by atoms with E-state index in [2.05, 4.69) is 77.5 Å². The van der Waals surface area contributed by atoms with E-state index in [1.807, 2.05) is 12.1 Å². The summed E-state index contributed by atoms with van der Waals surface area (Å²) in [7, 11) is 0. The molecule has 0 bridgehead atoms. The molecule has 0 aliphatic carbocycles. The molecule has 2 aromatic rings. The second-order valence-electron chi connectivity index (χ2n) is 7.55. The molecule has 0 amide bonds. The smallest absolute Gasteiger partial charge is 0.119 e. The quantitative estimate of drug-likeness (QED) is 0.507. The minimum absolute atomic E-state index is 0.767. The standard InChI is InChI=1S/C24H33N3O/c1-21(2)13-14-25-22-9-11-24(12-10-22)28-20-6-15-26-16-18-27(19-17-26)23-7-4-3-5-8-23/h3-5,7-13,25H,6,14-20H2,1-2H3. The summed E-state index contributed by atoms with van der Waals surface area (Å²) in [5.41, 5.74) is 3.79. The van der Waals surface area contributed by atoms with Crippen LogP contribution in [0.1, 0.15) is 20.3 Å². The first-order valence-electron chi connectivity index (χ1n) is 10.3. The molecule has 4 nitrogen and oxygen atoms in total. The van der Waals surface area contributed by atoms with E-state index in [4.69, 9.17) is 4.74 Å². The molecule has 0 radical (unpaired) electrons. The summed E-state index contributed by atoms with van der Waals surface area (Å²) in [4.78, 5) is 5.01. The Hall–Kier alpha value is -2.46. The predicted molar refractivity (Wildman–Crippen MR) is 120 cm³/mol. The molecule has 0 unspecified atom stereocenters. The van der Waals surface area contributed by atoms with Crippen LogP contribution in [0.5, 0.6) is 5.75 Å². The zero-order chi connectivity index (χ0) is 19.6. The van der Waals surface area contributed by atoms with E-state index in [9.17, 15) is 0 Å². The lowest BCUT2D eigenvalue weighted by Crippen LogP contribution is -2.46. The fourth-order valence-electron chi connectivity index (χ4n) is 3.39. The normalized spacial score (nSPS) is 14.6. The number of hydrogen-bond acceptors (Lipinski definition) is 4. The minimum Gasteiger partial charge on any atom is -0.494 e. The monoisotopic (exact) mass is 379 g/mol. The van der Waals surface area contributed by atoms with Gasteiger partial charge in [0.1, 0.15) is 5.75 Å². The van der Waals surface area contributed by atoms with Crippen molar-refractivity contribution in [2.24, 2.45) is 0 Å². The highest BCUT2D eigenvalue weighted by Gasteiger charge is 2.16. The van der Waals surface area contributed by atoms with Crippen LogP contribution in [0.25, 0.3) is 0 Å². The first-order valence-corrected chi connectivity index (χ1v) is 10.3. The summed E-state index contributed by atoms with van der Waals surface area (Å²) >= 11 is 0. The molecule has 0 atom stereocenters. The Morgan fingerprint density at radius 2 is 1.68 bits per heavy atom. The lowest BCUT2D eigenvalue weighted by molar-refractivity contribution is 0.225. The maximum Gasteiger partial charge on any atom is 0.119 e. The Bertz CT molecular complexity index is 715. The van der Waals surface area contributed by atoms with Crippen LogP contribution in [-0.4, -0.2) is 50.8 Å². The summed E-state index contributed by atoms with van der Waals surface area (Å²) in [5, 5.41) is 3.39. The Labute approximate surface area is 169 Å². The molecule has 1 aliphatic rings. The zero-order valence-corrected chi connectivity index (χ0v) is 17.2. The molecule has 150 valence electrons. The van der Waals surface area contributed by atoms with Gasteiger partial charge in [-0.3, -0.25) is 4.90 Å². The van der Waals surface area contributed by atoms with Gasteiger partial charge in [0.15, 0.2) is 0 Å². The Morgan fingerprint density at radius 1 is 0.964 bits per heavy atom. The first-order chi connectivity index (χ1) is 13.7. The van der Waals surface area contributed by atoms with Gasteiger partial charge in [-0.25, -0.2) is 0 Å². The van der Waals surface area contributed by atoms with Crippen molar-refractivity contribution in [1.29, 1.82) is 0 Å². The van der Waals surface area contributed by atoms with E-state index in [0.717, 1.165) is 63.7 Å². The number of nitrogens with one attached hydrogen (secondary N) is 1. The van der Waals surface area contributed by atoms with Crippen LogP contribution in [0.15, 0.2) is 66.2 Å². The molecule has 4 heteroatoms. The molecule has 1 N–H and O–H groups in total. The highest BCUT2D eigenvalue weighted by atomic mass is 16.5. The predicted octanol–water partition coefficient (Wildman–Crippen LogP) is 4.66. The molecule has 2 aromatic carbocycles. The van der Waals surface area contributed by atoms with Gasteiger partial charge in [0.05, 0.1) is 6.61 Å². The highest BCUT2D eigenvalue weighted by molar-refractivity contribution is 5.47. The molecule has 1 fully saturated rings. The summed E-state index contributed by atoms with van der Waals surface area (Å²) in [6, 6.07) is 19.0. The molecule has 0 saturated carbocycles. The van der Waals surface area contributed by atoms with Gasteiger partial charge in [-0.2, -0.15) is 0 Å². The molecular formula is C24H33N3O. The maximum atomic E-state index is 5.91. The fourth-order valence-corrected chi connectivity index (χ4v) is 3.39. The molecule has 1 heterocycles. The van der Waals surface area contributed by atoms with Crippen LogP contribution >= 0.6 is 0 Å². The van der Waals surface area contributed by atoms with E-state index in [0.29, 0.717) is 0 Å². The molecule has 3 rings (SSSR count). The van der Waals surface area contributed by atoms with Gasteiger partial charge in [0.25, 0.3) is 0 Å². The lowest BCUT2D eigenvalue weighted by atomic mass is 10.2. The molecule has 0 aromatic heterocycles. The highest BCUT2D eigenvalue weighted by Crippen LogP contribution is 2.17. The Kier molecular flexibility index (Phi) is 7.80. The number of ether oxygens (including phenoxy) is 1. The average Bonchev–Trinajstić information content (AvgIpc) is 2.73. The van der Waals surface area contributed by atoms with Gasteiger partial charge in [-0.15, -0.1) is 0 Å². The maximum absolute atomic E-state index is 5.91. The number of anilines is 2. The number of piperazine rings is 1. The van der Waals surface area contributed by atoms with Crippen LogP contribution in [0, 0.1) is 0 Å². The van der Waals surface area contributed by atoms with E-state index in [1.54, 1.807) is 0 Å². The number of hydrogen-bond donors (Lipinski definition) is 1. The van der Waals surface area contributed by atoms with Gasteiger partial charge >= 0.3 is 0 Å². The molecule has 1 saturated heterocycles. The lowest BCUT2D eigenvalue weighted by Gasteiger charge is -2.36. The van der Waals surface area contributed by atoms with Crippen LogP contribution in [0.4, 0.5) is 11.4 Å². The SMILES string of the molecule is CC(C)=CCNc1ccc(OCCCN2CCN(c3ccccc3)CC2)cc1. The Morgan fingerprint density at radius 3 is 2.36 bits per heavy atom. The van der Waals surface area contributed by atoms with E-state index in [1.165, 1.54) is 11.3 Å². The molecule has 1 aliphatic heterocycles. The Balaban J connectivity index is 1.30. The van der Waals surface area contributed by atoms with Crippen molar-refractivity contribution in [2.45, 2.75) is 20.3 Å². The third-order valence-corrected chi connectivity index (χ3v) is 5.05. The molecule has 28 heavy (non-hydrogen) atoms. The van der Waals surface area contributed by atoms with E-state index < -0.39 is 0 Å². The van der Waals surface area contributed by atoms with Gasteiger partial charge < -0.3 is 15.0 Å². The summed E-state index contributed by atoms with van der Waals surface area (Å²) in [5.74, 6) is 0.946. The van der Waals surface area contributed by atoms with Crippen molar-refractivity contribution in [3.8, 4) is 5.75 Å². The number of para-hydroxylation sites is 1. The van der Waals surface area contributed by atoms with Gasteiger partial charge in [0.2, 0.25) is 0 Å². The van der Waals surface area contributed by atoms with E-state index in [-0.39, 0.29) is 0 Å².